The van der Waals surface area contributed by atoms with Crippen LogP contribution in [0.5, 0.6) is 0 Å². The van der Waals surface area contributed by atoms with Crippen LogP contribution in [0.4, 0.5) is 4.39 Å². The Morgan fingerprint density at radius 1 is 1.30 bits per heavy atom. The molecule has 2 rings (SSSR count). The van der Waals surface area contributed by atoms with Crippen molar-refractivity contribution in [3.63, 3.8) is 0 Å². The van der Waals surface area contributed by atoms with E-state index in [0.29, 0.717) is 37.1 Å². The van der Waals surface area contributed by atoms with E-state index in [9.17, 15) is 14.0 Å². The highest BCUT2D eigenvalue weighted by Gasteiger charge is 2.38. The van der Waals surface area contributed by atoms with E-state index in [1.54, 1.807) is 18.7 Å². The molecule has 1 heterocycles. The lowest BCUT2D eigenvalue weighted by molar-refractivity contribution is -0.150. The summed E-state index contributed by atoms with van der Waals surface area (Å²) in [7, 11) is 0. The summed E-state index contributed by atoms with van der Waals surface area (Å²) < 4.78 is 13.2. The smallest absolute Gasteiger partial charge is 0.309 e. The lowest BCUT2D eigenvalue weighted by atomic mass is 9.80. The van der Waals surface area contributed by atoms with Gasteiger partial charge < -0.3 is 10.0 Å². The van der Waals surface area contributed by atoms with Crippen LogP contribution in [-0.4, -0.2) is 35.0 Å². The first-order valence-corrected chi connectivity index (χ1v) is 6.62. The van der Waals surface area contributed by atoms with Gasteiger partial charge in [0.25, 0.3) is 5.91 Å². The topological polar surface area (TPSA) is 57.6 Å². The van der Waals surface area contributed by atoms with Crippen molar-refractivity contribution >= 4 is 11.9 Å². The van der Waals surface area contributed by atoms with Gasteiger partial charge in [0, 0.05) is 18.7 Å². The summed E-state index contributed by atoms with van der Waals surface area (Å²) in [5.41, 5.74) is 0.126. The summed E-state index contributed by atoms with van der Waals surface area (Å²) in [4.78, 5) is 25.1. The number of carboxylic acids is 1. The van der Waals surface area contributed by atoms with E-state index in [2.05, 4.69) is 0 Å². The first kappa shape index (κ1) is 14.5. The van der Waals surface area contributed by atoms with Crippen LogP contribution in [0.25, 0.3) is 0 Å². The fourth-order valence-electron chi connectivity index (χ4n) is 2.38. The molecule has 108 valence electrons. The van der Waals surface area contributed by atoms with E-state index in [1.165, 1.54) is 18.2 Å². The highest BCUT2D eigenvalue weighted by atomic mass is 19.1. The van der Waals surface area contributed by atoms with Gasteiger partial charge in [-0.3, -0.25) is 9.59 Å². The van der Waals surface area contributed by atoms with Gasteiger partial charge in [0.2, 0.25) is 0 Å². The predicted molar refractivity (Wildman–Crippen MR) is 72.0 cm³/mol. The van der Waals surface area contributed by atoms with Crippen molar-refractivity contribution in [1.82, 2.24) is 4.90 Å². The van der Waals surface area contributed by atoms with Crippen LogP contribution in [0.2, 0.25) is 0 Å². The molecule has 0 saturated carbocycles. The summed E-state index contributed by atoms with van der Waals surface area (Å²) in [6, 6.07) is 4.28. The third kappa shape index (κ3) is 2.66. The summed E-state index contributed by atoms with van der Waals surface area (Å²) in [5, 5.41) is 9.16. The molecule has 1 saturated heterocycles. The molecule has 0 unspecified atom stereocenters. The minimum absolute atomic E-state index is 0.166. The van der Waals surface area contributed by atoms with Crippen molar-refractivity contribution in [3.8, 4) is 0 Å². The number of likely N-dealkylation sites (tertiary alicyclic amines) is 1. The molecule has 5 heteroatoms. The number of hydrogen-bond acceptors (Lipinski definition) is 2. The van der Waals surface area contributed by atoms with Crippen LogP contribution >= 0.6 is 0 Å². The average Bonchev–Trinajstić information content (AvgIpc) is 2.42. The zero-order valence-corrected chi connectivity index (χ0v) is 11.6. The SMILES string of the molecule is Cc1cc(C(=O)N2CCC(C)(C(=O)O)CC2)ccc1F. The van der Waals surface area contributed by atoms with Crippen molar-refractivity contribution in [2.24, 2.45) is 5.41 Å². The first-order chi connectivity index (χ1) is 9.33. The monoisotopic (exact) mass is 279 g/mol. The van der Waals surface area contributed by atoms with E-state index >= 15 is 0 Å². The number of halogens is 1. The van der Waals surface area contributed by atoms with Crippen LogP contribution < -0.4 is 0 Å². The van der Waals surface area contributed by atoms with Gasteiger partial charge in [-0.25, -0.2) is 4.39 Å². The van der Waals surface area contributed by atoms with Crippen molar-refractivity contribution in [3.05, 3.63) is 35.1 Å². The quantitative estimate of drug-likeness (QED) is 0.904. The number of benzene rings is 1. The number of carbonyl (C=O) groups is 2. The molecule has 20 heavy (non-hydrogen) atoms. The highest BCUT2D eigenvalue weighted by molar-refractivity contribution is 5.94. The molecule has 0 radical (unpaired) electrons. The molecule has 4 nitrogen and oxygen atoms in total. The van der Waals surface area contributed by atoms with Gasteiger partial charge in [-0.1, -0.05) is 0 Å². The number of nitrogens with zero attached hydrogens (tertiary/aromatic N) is 1. The van der Waals surface area contributed by atoms with Crippen LogP contribution in [0.3, 0.4) is 0 Å². The van der Waals surface area contributed by atoms with E-state index < -0.39 is 11.4 Å². The van der Waals surface area contributed by atoms with E-state index in [-0.39, 0.29) is 11.7 Å². The van der Waals surface area contributed by atoms with Gasteiger partial charge >= 0.3 is 5.97 Å². The highest BCUT2D eigenvalue weighted by Crippen LogP contribution is 2.31. The molecule has 1 N–H and O–H groups in total. The maximum Gasteiger partial charge on any atom is 0.309 e. The Kier molecular flexibility index (Phi) is 3.79. The standard InChI is InChI=1S/C15H18FNO3/c1-10-9-11(3-4-12(10)16)13(18)17-7-5-15(2,6-8-17)14(19)20/h3-4,9H,5-8H2,1-2H3,(H,19,20). The Hall–Kier alpha value is -1.91. The van der Waals surface area contributed by atoms with Crippen molar-refractivity contribution in [2.45, 2.75) is 26.7 Å². The largest absolute Gasteiger partial charge is 0.481 e. The number of carbonyl (C=O) groups excluding carboxylic acids is 1. The Morgan fingerprint density at radius 3 is 2.40 bits per heavy atom. The summed E-state index contributed by atoms with van der Waals surface area (Å²) >= 11 is 0. The van der Waals surface area contributed by atoms with Gasteiger partial charge in [0.05, 0.1) is 5.41 Å². The molecule has 0 spiro atoms. The number of rotatable bonds is 2. The molecule has 1 aromatic carbocycles. The second-order valence-corrected chi connectivity index (χ2v) is 5.62. The lowest BCUT2D eigenvalue weighted by Gasteiger charge is -2.36. The third-order valence-electron chi connectivity index (χ3n) is 4.08. The molecule has 0 aliphatic carbocycles. The van der Waals surface area contributed by atoms with Gasteiger partial charge in [-0.2, -0.15) is 0 Å². The lowest BCUT2D eigenvalue weighted by Crippen LogP contribution is -2.45. The molecule has 0 atom stereocenters. The summed E-state index contributed by atoms with van der Waals surface area (Å²) in [6.45, 7) is 4.15. The number of aliphatic carboxylic acids is 1. The fourth-order valence-corrected chi connectivity index (χ4v) is 2.38. The Balaban J connectivity index is 2.08. The van der Waals surface area contributed by atoms with Gasteiger partial charge in [-0.15, -0.1) is 0 Å². The Bertz CT molecular complexity index is 548. The molecule has 1 fully saturated rings. The molecule has 0 bridgehead atoms. The predicted octanol–water partition coefficient (Wildman–Crippen LogP) is 2.46. The minimum atomic E-state index is -0.817. The Morgan fingerprint density at radius 2 is 1.90 bits per heavy atom. The molecular weight excluding hydrogens is 261 g/mol. The number of aryl methyl sites for hydroxylation is 1. The maximum absolute atomic E-state index is 13.2. The molecular formula is C15H18FNO3. The Labute approximate surface area is 117 Å². The van der Waals surface area contributed by atoms with Crippen LogP contribution in [0.1, 0.15) is 35.7 Å². The van der Waals surface area contributed by atoms with Gasteiger partial charge in [-0.05, 0) is 50.5 Å². The summed E-state index contributed by atoms with van der Waals surface area (Å²) in [6.07, 6.45) is 0.877. The fraction of sp³-hybridized carbons (Fsp3) is 0.467. The van der Waals surface area contributed by atoms with E-state index in [0.717, 1.165) is 0 Å². The molecule has 0 aromatic heterocycles. The summed E-state index contributed by atoms with van der Waals surface area (Å²) in [5.74, 6) is -1.32. The minimum Gasteiger partial charge on any atom is -0.481 e. The molecule has 1 aliphatic heterocycles. The second-order valence-electron chi connectivity index (χ2n) is 5.62. The number of amides is 1. The number of carboxylic acid groups (broad SMARTS) is 1. The first-order valence-electron chi connectivity index (χ1n) is 6.62. The normalized spacial score (nSPS) is 17.9. The van der Waals surface area contributed by atoms with Crippen LogP contribution in [0.15, 0.2) is 18.2 Å². The molecule has 1 aromatic rings. The van der Waals surface area contributed by atoms with Gasteiger partial charge in [0.1, 0.15) is 5.82 Å². The average molecular weight is 279 g/mol. The van der Waals surface area contributed by atoms with Crippen molar-refractivity contribution in [1.29, 1.82) is 0 Å². The zero-order chi connectivity index (χ0) is 14.9. The second kappa shape index (κ2) is 5.23. The van der Waals surface area contributed by atoms with E-state index in [4.69, 9.17) is 5.11 Å². The maximum atomic E-state index is 13.2. The van der Waals surface area contributed by atoms with Crippen LogP contribution in [-0.2, 0) is 4.79 Å². The molecule has 1 aliphatic rings. The third-order valence-corrected chi connectivity index (χ3v) is 4.08. The van der Waals surface area contributed by atoms with E-state index in [1.807, 2.05) is 0 Å². The number of piperidine rings is 1. The zero-order valence-electron chi connectivity index (χ0n) is 11.6. The van der Waals surface area contributed by atoms with Crippen LogP contribution in [0, 0.1) is 18.2 Å². The van der Waals surface area contributed by atoms with Crippen molar-refractivity contribution in [2.75, 3.05) is 13.1 Å². The number of hydrogen-bond donors (Lipinski definition) is 1. The molecule has 1 amide bonds. The van der Waals surface area contributed by atoms with Gasteiger partial charge in [0.15, 0.2) is 0 Å². The van der Waals surface area contributed by atoms with Crippen molar-refractivity contribution < 1.29 is 19.1 Å².